The van der Waals surface area contributed by atoms with Gasteiger partial charge in [0.25, 0.3) is 0 Å². The SMILES string of the molecule is CN(C)c1cc(N(C)C2CCN(Cc3cc(Br)cs3)C2)ncn1. The van der Waals surface area contributed by atoms with Gasteiger partial charge in [-0.1, -0.05) is 0 Å². The Morgan fingerprint density at radius 3 is 2.74 bits per heavy atom. The van der Waals surface area contributed by atoms with E-state index in [2.05, 4.69) is 60.3 Å². The van der Waals surface area contributed by atoms with Crippen molar-refractivity contribution in [1.82, 2.24) is 14.9 Å². The van der Waals surface area contributed by atoms with Gasteiger partial charge in [-0.3, -0.25) is 4.90 Å². The molecule has 0 radical (unpaired) electrons. The van der Waals surface area contributed by atoms with Crippen LogP contribution in [0.4, 0.5) is 11.6 Å². The molecule has 0 N–H and O–H groups in total. The summed E-state index contributed by atoms with van der Waals surface area (Å²) in [7, 11) is 6.14. The van der Waals surface area contributed by atoms with E-state index < -0.39 is 0 Å². The Morgan fingerprint density at radius 2 is 2.04 bits per heavy atom. The molecule has 1 fully saturated rings. The van der Waals surface area contributed by atoms with E-state index in [-0.39, 0.29) is 0 Å². The molecule has 1 aliphatic rings. The summed E-state index contributed by atoms with van der Waals surface area (Å²) in [4.78, 5) is 17.0. The van der Waals surface area contributed by atoms with Crippen molar-refractivity contribution in [2.24, 2.45) is 0 Å². The summed E-state index contributed by atoms with van der Waals surface area (Å²) < 4.78 is 1.18. The highest BCUT2D eigenvalue weighted by Crippen LogP contribution is 2.25. The van der Waals surface area contributed by atoms with Crippen LogP contribution in [-0.2, 0) is 6.54 Å². The van der Waals surface area contributed by atoms with Crippen molar-refractivity contribution in [1.29, 1.82) is 0 Å². The van der Waals surface area contributed by atoms with Crippen LogP contribution in [0.15, 0.2) is 28.3 Å². The van der Waals surface area contributed by atoms with Gasteiger partial charge in [0.15, 0.2) is 0 Å². The van der Waals surface area contributed by atoms with Gasteiger partial charge in [-0.25, -0.2) is 9.97 Å². The van der Waals surface area contributed by atoms with E-state index in [1.807, 2.05) is 30.3 Å². The zero-order valence-electron chi connectivity index (χ0n) is 13.7. The molecule has 0 spiro atoms. The zero-order chi connectivity index (χ0) is 16.4. The van der Waals surface area contributed by atoms with Gasteiger partial charge in [0.05, 0.1) is 0 Å². The molecule has 5 nitrogen and oxygen atoms in total. The number of anilines is 2. The van der Waals surface area contributed by atoms with E-state index in [1.54, 1.807) is 6.33 Å². The molecule has 2 aromatic rings. The lowest BCUT2D eigenvalue weighted by atomic mass is 10.2. The van der Waals surface area contributed by atoms with Crippen molar-refractivity contribution < 1.29 is 0 Å². The molecule has 7 heteroatoms. The monoisotopic (exact) mass is 395 g/mol. The Labute approximate surface area is 150 Å². The Morgan fingerprint density at radius 1 is 1.26 bits per heavy atom. The number of nitrogens with zero attached hydrogens (tertiary/aromatic N) is 5. The van der Waals surface area contributed by atoms with Crippen LogP contribution in [0.3, 0.4) is 0 Å². The number of hydrogen-bond acceptors (Lipinski definition) is 6. The second-order valence-corrected chi connectivity index (χ2v) is 8.06. The molecule has 0 aromatic carbocycles. The number of aromatic nitrogens is 2. The maximum Gasteiger partial charge on any atom is 0.134 e. The number of likely N-dealkylation sites (N-methyl/N-ethyl adjacent to an activating group) is 1. The van der Waals surface area contributed by atoms with Gasteiger partial charge >= 0.3 is 0 Å². The quantitative estimate of drug-likeness (QED) is 0.776. The molecule has 1 aliphatic heterocycles. The average Bonchev–Trinajstić information content (AvgIpc) is 3.16. The summed E-state index contributed by atoms with van der Waals surface area (Å²) in [5, 5.41) is 2.15. The van der Waals surface area contributed by atoms with Crippen molar-refractivity contribution in [3.63, 3.8) is 0 Å². The number of likely N-dealkylation sites (tertiary alicyclic amines) is 1. The highest BCUT2D eigenvalue weighted by atomic mass is 79.9. The molecule has 3 heterocycles. The highest BCUT2D eigenvalue weighted by molar-refractivity contribution is 9.10. The number of hydrogen-bond donors (Lipinski definition) is 0. The maximum atomic E-state index is 4.44. The fourth-order valence-corrected chi connectivity index (χ4v) is 4.38. The first-order valence-corrected chi connectivity index (χ1v) is 9.37. The summed E-state index contributed by atoms with van der Waals surface area (Å²) in [6.07, 6.45) is 2.82. The van der Waals surface area contributed by atoms with Crippen LogP contribution in [0.1, 0.15) is 11.3 Å². The van der Waals surface area contributed by atoms with E-state index >= 15 is 0 Å². The van der Waals surface area contributed by atoms with Crippen LogP contribution in [0.5, 0.6) is 0 Å². The second-order valence-electron chi connectivity index (χ2n) is 6.15. The van der Waals surface area contributed by atoms with Crippen LogP contribution >= 0.6 is 27.3 Å². The highest BCUT2D eigenvalue weighted by Gasteiger charge is 2.27. The van der Waals surface area contributed by atoms with Gasteiger partial charge in [-0.15, -0.1) is 11.3 Å². The Balaban J connectivity index is 1.63. The molecular formula is C16H22BrN5S. The standard InChI is InChI=1S/C16H22BrN5S/c1-20(2)15-7-16(19-11-18-15)21(3)13-4-5-22(8-13)9-14-6-12(17)10-23-14/h6-7,10-11,13H,4-5,8-9H2,1-3H3. The van der Waals surface area contributed by atoms with Crippen molar-refractivity contribution in [2.45, 2.75) is 19.0 Å². The molecule has 1 saturated heterocycles. The predicted octanol–water partition coefficient (Wildman–Crippen LogP) is 3.08. The third-order valence-electron chi connectivity index (χ3n) is 4.25. The van der Waals surface area contributed by atoms with Crippen LogP contribution in [0.2, 0.25) is 0 Å². The maximum absolute atomic E-state index is 4.44. The number of thiophene rings is 1. The third-order valence-corrected chi connectivity index (χ3v) is 5.94. The lowest BCUT2D eigenvalue weighted by molar-refractivity contribution is 0.328. The first-order chi connectivity index (χ1) is 11.0. The molecular weight excluding hydrogens is 374 g/mol. The van der Waals surface area contributed by atoms with Crippen molar-refractivity contribution >= 4 is 38.9 Å². The van der Waals surface area contributed by atoms with E-state index in [4.69, 9.17) is 0 Å². The lowest BCUT2D eigenvalue weighted by Crippen LogP contribution is -2.35. The zero-order valence-corrected chi connectivity index (χ0v) is 16.1. The molecule has 0 saturated carbocycles. The smallest absolute Gasteiger partial charge is 0.134 e. The van der Waals surface area contributed by atoms with Crippen molar-refractivity contribution in [3.8, 4) is 0 Å². The molecule has 2 aromatic heterocycles. The number of halogens is 1. The molecule has 3 rings (SSSR count). The number of rotatable bonds is 5. The molecule has 1 unspecified atom stereocenters. The topological polar surface area (TPSA) is 35.5 Å². The van der Waals surface area contributed by atoms with Crippen molar-refractivity contribution in [3.05, 3.63) is 33.2 Å². The average molecular weight is 396 g/mol. The minimum Gasteiger partial charge on any atom is -0.363 e. The Bertz CT molecular complexity index is 659. The third kappa shape index (κ3) is 4.02. The normalized spacial score (nSPS) is 18.3. The molecule has 0 bridgehead atoms. The van der Waals surface area contributed by atoms with Crippen LogP contribution in [0.25, 0.3) is 0 Å². The summed E-state index contributed by atoms with van der Waals surface area (Å²) in [5.74, 6) is 1.94. The summed E-state index contributed by atoms with van der Waals surface area (Å²) >= 11 is 5.35. The Hall–Kier alpha value is -1.18. The lowest BCUT2D eigenvalue weighted by Gasteiger charge is -2.26. The molecule has 124 valence electrons. The van der Waals surface area contributed by atoms with E-state index in [0.717, 1.165) is 31.3 Å². The summed E-state index contributed by atoms with van der Waals surface area (Å²) in [5.41, 5.74) is 0. The second kappa shape index (κ2) is 7.15. The van der Waals surface area contributed by atoms with E-state index in [9.17, 15) is 0 Å². The van der Waals surface area contributed by atoms with Gasteiger partial charge < -0.3 is 9.80 Å². The van der Waals surface area contributed by atoms with E-state index in [0.29, 0.717) is 6.04 Å². The van der Waals surface area contributed by atoms with E-state index in [1.165, 1.54) is 15.8 Å². The molecule has 0 amide bonds. The van der Waals surface area contributed by atoms with Gasteiger partial charge in [0.1, 0.15) is 18.0 Å². The minimum atomic E-state index is 0.503. The fourth-order valence-electron chi connectivity index (χ4n) is 2.89. The minimum absolute atomic E-state index is 0.503. The van der Waals surface area contributed by atoms with Crippen LogP contribution in [-0.4, -0.2) is 55.1 Å². The van der Waals surface area contributed by atoms with Gasteiger partial charge in [0, 0.05) is 67.6 Å². The van der Waals surface area contributed by atoms with Gasteiger partial charge in [-0.2, -0.15) is 0 Å². The molecule has 23 heavy (non-hydrogen) atoms. The predicted molar refractivity (Wildman–Crippen MR) is 100 cm³/mol. The fraction of sp³-hybridized carbons (Fsp3) is 0.500. The first kappa shape index (κ1) is 16.7. The Kier molecular flexibility index (Phi) is 5.18. The van der Waals surface area contributed by atoms with Crippen molar-refractivity contribution in [2.75, 3.05) is 44.0 Å². The largest absolute Gasteiger partial charge is 0.363 e. The summed E-state index contributed by atoms with van der Waals surface area (Å²) in [6.45, 7) is 3.25. The van der Waals surface area contributed by atoms with Crippen LogP contribution in [0, 0.1) is 0 Å². The molecule has 0 aliphatic carbocycles. The summed E-state index contributed by atoms with van der Waals surface area (Å²) in [6, 6.07) is 4.78. The van der Waals surface area contributed by atoms with Crippen LogP contribution < -0.4 is 9.80 Å². The first-order valence-electron chi connectivity index (χ1n) is 7.70. The van der Waals surface area contributed by atoms with Gasteiger partial charge in [-0.05, 0) is 28.4 Å². The van der Waals surface area contributed by atoms with Gasteiger partial charge in [0.2, 0.25) is 0 Å². The molecule has 1 atom stereocenters.